The van der Waals surface area contributed by atoms with Crippen molar-refractivity contribution >= 4 is 30.9 Å². The first-order valence-electron chi connectivity index (χ1n) is 8.11. The summed E-state index contributed by atoms with van der Waals surface area (Å²) in [6.07, 6.45) is 10.6. The van der Waals surface area contributed by atoms with Gasteiger partial charge in [0, 0.05) is 0 Å². The molecule has 1 atom stereocenters. The molecule has 1 nitrogen and oxygen atoms in total. The first-order valence-corrected chi connectivity index (χ1v) is 12.3. The van der Waals surface area contributed by atoms with Gasteiger partial charge < -0.3 is 4.43 Å². The quantitative estimate of drug-likeness (QED) is 0.337. The van der Waals surface area contributed by atoms with Gasteiger partial charge >= 0.3 is 0 Å². The molecule has 0 saturated heterocycles. The number of rotatable bonds is 7. The lowest BCUT2D eigenvalue weighted by Crippen LogP contribution is -2.51. The predicted octanol–water partition coefficient (Wildman–Crippen LogP) is 6.69. The molecule has 1 saturated carbocycles. The van der Waals surface area contributed by atoms with Crippen LogP contribution < -0.4 is 0 Å². The van der Waals surface area contributed by atoms with Gasteiger partial charge in [-0.2, -0.15) is 0 Å². The standard InChI is InChI=1S/C17H33IOSi/c1-7-11-17(12-9-13-17)15(10-8-14-18)19-20(5,6)16(2,3)4/h8,14-15H,7,9-13H2,1-6H3. The Bertz CT molecular complexity index is 326. The average Bonchev–Trinajstić information content (AvgIpc) is 2.27. The van der Waals surface area contributed by atoms with Crippen LogP contribution in [0.1, 0.15) is 66.2 Å². The lowest BCUT2D eigenvalue weighted by atomic mass is 9.62. The van der Waals surface area contributed by atoms with Crippen LogP contribution in [0.25, 0.3) is 0 Å². The van der Waals surface area contributed by atoms with Crippen molar-refractivity contribution in [2.75, 3.05) is 0 Å². The van der Waals surface area contributed by atoms with Crippen LogP contribution in [0.5, 0.6) is 0 Å². The topological polar surface area (TPSA) is 9.23 Å². The second-order valence-corrected chi connectivity index (χ2v) is 13.4. The maximum atomic E-state index is 6.85. The fourth-order valence-electron chi connectivity index (χ4n) is 2.99. The summed E-state index contributed by atoms with van der Waals surface area (Å²) in [5.74, 6) is 0. The van der Waals surface area contributed by atoms with Gasteiger partial charge in [-0.15, -0.1) is 0 Å². The van der Waals surface area contributed by atoms with E-state index in [0.29, 0.717) is 16.6 Å². The summed E-state index contributed by atoms with van der Waals surface area (Å²) < 4.78 is 9.00. The summed E-state index contributed by atoms with van der Waals surface area (Å²) in [6.45, 7) is 14.1. The van der Waals surface area contributed by atoms with Gasteiger partial charge in [-0.05, 0) is 53.3 Å². The Morgan fingerprint density at radius 2 is 1.90 bits per heavy atom. The zero-order valence-electron chi connectivity index (χ0n) is 14.3. The summed E-state index contributed by atoms with van der Waals surface area (Å²) in [7, 11) is -1.68. The van der Waals surface area contributed by atoms with E-state index in [0.717, 1.165) is 6.42 Å². The highest BCUT2D eigenvalue weighted by molar-refractivity contribution is 14.1. The fourth-order valence-corrected chi connectivity index (χ4v) is 4.70. The smallest absolute Gasteiger partial charge is 0.192 e. The molecule has 1 aliphatic carbocycles. The predicted molar refractivity (Wildman–Crippen MR) is 101 cm³/mol. The van der Waals surface area contributed by atoms with Gasteiger partial charge in [0.2, 0.25) is 0 Å². The van der Waals surface area contributed by atoms with Crippen LogP contribution in [-0.2, 0) is 4.43 Å². The maximum absolute atomic E-state index is 6.85. The van der Waals surface area contributed by atoms with Crippen molar-refractivity contribution in [3.8, 4) is 0 Å². The highest BCUT2D eigenvalue weighted by atomic mass is 127. The molecule has 0 aliphatic heterocycles. The number of halogens is 1. The van der Waals surface area contributed by atoms with E-state index in [1.807, 2.05) is 0 Å². The molecule has 20 heavy (non-hydrogen) atoms. The van der Waals surface area contributed by atoms with Crippen LogP contribution >= 0.6 is 22.6 Å². The molecular weight excluding hydrogens is 375 g/mol. The Morgan fingerprint density at radius 1 is 1.30 bits per heavy atom. The molecule has 1 unspecified atom stereocenters. The molecule has 0 amide bonds. The van der Waals surface area contributed by atoms with Crippen LogP contribution in [0.3, 0.4) is 0 Å². The molecule has 1 fully saturated rings. The average molecular weight is 408 g/mol. The third-order valence-corrected chi connectivity index (χ3v) is 10.5. The molecule has 0 heterocycles. The normalized spacial score (nSPS) is 20.9. The number of hydrogen-bond donors (Lipinski definition) is 0. The third-order valence-electron chi connectivity index (χ3n) is 5.46. The Labute approximate surface area is 141 Å². The minimum atomic E-state index is -1.68. The van der Waals surface area contributed by atoms with Gasteiger partial charge in [0.05, 0.1) is 6.10 Å². The lowest BCUT2D eigenvalue weighted by molar-refractivity contribution is -0.0313. The zero-order chi connectivity index (χ0) is 15.4. The second kappa shape index (κ2) is 7.27. The summed E-state index contributed by atoms with van der Waals surface area (Å²) in [5, 5.41) is 0.302. The summed E-state index contributed by atoms with van der Waals surface area (Å²) >= 11 is 2.33. The van der Waals surface area contributed by atoms with E-state index >= 15 is 0 Å². The molecule has 0 aromatic heterocycles. The molecule has 1 rings (SSSR count). The molecule has 0 N–H and O–H groups in total. The molecule has 0 spiro atoms. The minimum Gasteiger partial charge on any atom is -0.413 e. The summed E-state index contributed by atoms with van der Waals surface area (Å²) in [6, 6.07) is 0. The highest BCUT2D eigenvalue weighted by Gasteiger charge is 2.48. The minimum absolute atomic E-state index is 0.302. The van der Waals surface area contributed by atoms with Crippen molar-refractivity contribution in [3.63, 3.8) is 0 Å². The van der Waals surface area contributed by atoms with E-state index in [9.17, 15) is 0 Å². The highest BCUT2D eigenvalue weighted by Crippen LogP contribution is 2.52. The molecule has 0 bridgehead atoms. The first kappa shape index (κ1) is 18.7. The van der Waals surface area contributed by atoms with Gasteiger partial charge in [0.15, 0.2) is 8.32 Å². The van der Waals surface area contributed by atoms with Crippen molar-refractivity contribution in [1.82, 2.24) is 0 Å². The van der Waals surface area contributed by atoms with Crippen molar-refractivity contribution in [1.29, 1.82) is 0 Å². The Balaban J connectivity index is 2.89. The van der Waals surface area contributed by atoms with Gasteiger partial charge in [0.1, 0.15) is 0 Å². The van der Waals surface area contributed by atoms with Crippen LogP contribution in [0.2, 0.25) is 18.1 Å². The monoisotopic (exact) mass is 408 g/mol. The first-order chi connectivity index (χ1) is 9.18. The van der Waals surface area contributed by atoms with Crippen LogP contribution in [0.4, 0.5) is 0 Å². The van der Waals surface area contributed by atoms with Crippen molar-refractivity contribution < 1.29 is 4.43 Å². The molecule has 0 radical (unpaired) electrons. The molecule has 0 aromatic rings. The summed E-state index contributed by atoms with van der Waals surface area (Å²) in [5.41, 5.74) is 0.473. The van der Waals surface area contributed by atoms with E-state index in [4.69, 9.17) is 4.43 Å². The lowest BCUT2D eigenvalue weighted by Gasteiger charge is -2.51. The Kier molecular flexibility index (Phi) is 6.80. The van der Waals surface area contributed by atoms with E-state index in [1.54, 1.807) is 0 Å². The molecule has 118 valence electrons. The largest absolute Gasteiger partial charge is 0.413 e. The maximum Gasteiger partial charge on any atom is 0.192 e. The molecule has 3 heteroatoms. The van der Waals surface area contributed by atoms with Gasteiger partial charge in [-0.1, -0.05) is 69.2 Å². The second-order valence-electron chi connectivity index (χ2n) is 7.93. The zero-order valence-corrected chi connectivity index (χ0v) is 17.4. The molecule has 1 aliphatic rings. The van der Waals surface area contributed by atoms with Crippen molar-refractivity contribution in [2.24, 2.45) is 5.41 Å². The van der Waals surface area contributed by atoms with Crippen molar-refractivity contribution in [3.05, 3.63) is 10.2 Å². The van der Waals surface area contributed by atoms with Crippen LogP contribution in [0, 0.1) is 5.41 Å². The number of hydrogen-bond acceptors (Lipinski definition) is 1. The van der Waals surface area contributed by atoms with E-state index in [-0.39, 0.29) is 0 Å². The van der Waals surface area contributed by atoms with Gasteiger partial charge in [0.25, 0.3) is 0 Å². The van der Waals surface area contributed by atoms with E-state index < -0.39 is 8.32 Å². The van der Waals surface area contributed by atoms with Gasteiger partial charge in [-0.3, -0.25) is 0 Å². The van der Waals surface area contributed by atoms with Gasteiger partial charge in [-0.25, -0.2) is 0 Å². The third kappa shape index (κ3) is 4.32. The van der Waals surface area contributed by atoms with Crippen LogP contribution in [-0.4, -0.2) is 14.4 Å². The summed E-state index contributed by atoms with van der Waals surface area (Å²) in [4.78, 5) is 0. The molecular formula is C17H33IOSi. The fraction of sp³-hybridized carbons (Fsp3) is 0.882. The van der Waals surface area contributed by atoms with E-state index in [1.165, 1.54) is 32.1 Å². The van der Waals surface area contributed by atoms with E-state index in [2.05, 4.69) is 73.5 Å². The SMILES string of the molecule is CCCC1(C(CC=CI)O[Si](C)(C)C(C)(C)C)CCC1. The Morgan fingerprint density at radius 3 is 2.25 bits per heavy atom. The van der Waals surface area contributed by atoms with Crippen molar-refractivity contribution in [2.45, 2.75) is 90.5 Å². The molecule has 0 aromatic carbocycles. The van der Waals surface area contributed by atoms with Crippen LogP contribution in [0.15, 0.2) is 10.2 Å². The Hall–Kier alpha value is 0.647.